The van der Waals surface area contributed by atoms with Gasteiger partial charge in [0.2, 0.25) is 0 Å². The second kappa shape index (κ2) is 7.21. The van der Waals surface area contributed by atoms with Crippen LogP contribution in [0.1, 0.15) is 30.1 Å². The topological polar surface area (TPSA) is 59.1 Å². The summed E-state index contributed by atoms with van der Waals surface area (Å²) in [7, 11) is 1.38. The highest BCUT2D eigenvalue weighted by molar-refractivity contribution is 5.89. The summed E-state index contributed by atoms with van der Waals surface area (Å²) in [5.74, 6) is -0.206. The number of carbonyl (C=O) groups excluding carboxylic acids is 2. The smallest absolute Gasteiger partial charge is 0.337 e. The van der Waals surface area contributed by atoms with Crippen molar-refractivity contribution >= 4 is 17.6 Å². The SMILES string of the molecule is COC(=O)c1ccc(N2CCN(C(=O)[C@H]3CCCO3)[C@H](C)C2)cc1. The number of anilines is 1. The van der Waals surface area contributed by atoms with Crippen molar-refractivity contribution in [2.75, 3.05) is 38.3 Å². The van der Waals surface area contributed by atoms with Gasteiger partial charge in [0.15, 0.2) is 0 Å². The molecule has 3 rings (SSSR count). The molecule has 0 saturated carbocycles. The van der Waals surface area contributed by atoms with Crippen molar-refractivity contribution < 1.29 is 19.1 Å². The molecule has 0 radical (unpaired) electrons. The fourth-order valence-electron chi connectivity index (χ4n) is 3.40. The highest BCUT2D eigenvalue weighted by atomic mass is 16.5. The van der Waals surface area contributed by atoms with Gasteiger partial charge in [-0.2, -0.15) is 0 Å². The van der Waals surface area contributed by atoms with E-state index in [1.54, 1.807) is 12.1 Å². The maximum absolute atomic E-state index is 12.5. The average molecular weight is 332 g/mol. The number of ether oxygens (including phenoxy) is 2. The van der Waals surface area contributed by atoms with E-state index >= 15 is 0 Å². The van der Waals surface area contributed by atoms with E-state index in [0.717, 1.165) is 31.6 Å². The number of benzene rings is 1. The Labute approximate surface area is 142 Å². The number of carbonyl (C=O) groups is 2. The Morgan fingerprint density at radius 3 is 2.54 bits per heavy atom. The molecular weight excluding hydrogens is 308 g/mol. The van der Waals surface area contributed by atoms with Gasteiger partial charge in [-0.05, 0) is 44.0 Å². The Morgan fingerprint density at radius 1 is 1.21 bits per heavy atom. The first-order valence-electron chi connectivity index (χ1n) is 8.45. The third-order valence-corrected chi connectivity index (χ3v) is 4.77. The van der Waals surface area contributed by atoms with E-state index < -0.39 is 0 Å². The van der Waals surface area contributed by atoms with Crippen LogP contribution in [0.3, 0.4) is 0 Å². The zero-order valence-corrected chi connectivity index (χ0v) is 14.2. The van der Waals surface area contributed by atoms with E-state index in [0.29, 0.717) is 18.7 Å². The molecule has 2 aliphatic rings. The molecule has 130 valence electrons. The third-order valence-electron chi connectivity index (χ3n) is 4.77. The molecule has 2 heterocycles. The second-order valence-electron chi connectivity index (χ2n) is 6.37. The summed E-state index contributed by atoms with van der Waals surface area (Å²) in [5.41, 5.74) is 1.60. The molecule has 0 unspecified atom stereocenters. The minimum Gasteiger partial charge on any atom is -0.465 e. The van der Waals surface area contributed by atoms with Crippen LogP contribution in [0.25, 0.3) is 0 Å². The summed E-state index contributed by atoms with van der Waals surface area (Å²) in [4.78, 5) is 28.2. The summed E-state index contributed by atoms with van der Waals surface area (Å²) in [6.07, 6.45) is 1.55. The minimum atomic E-state index is -0.332. The number of piperazine rings is 1. The van der Waals surface area contributed by atoms with Gasteiger partial charge in [0, 0.05) is 38.0 Å². The molecule has 1 aromatic carbocycles. The number of hydrogen-bond acceptors (Lipinski definition) is 5. The summed E-state index contributed by atoms with van der Waals surface area (Å²) in [5, 5.41) is 0. The van der Waals surface area contributed by atoms with Crippen molar-refractivity contribution in [1.29, 1.82) is 0 Å². The molecule has 2 saturated heterocycles. The highest BCUT2D eigenvalue weighted by Crippen LogP contribution is 2.22. The summed E-state index contributed by atoms with van der Waals surface area (Å²) in [6, 6.07) is 7.54. The Kier molecular flexibility index (Phi) is 5.04. The van der Waals surface area contributed by atoms with Gasteiger partial charge in [-0.1, -0.05) is 0 Å². The number of methoxy groups -OCH3 is 1. The standard InChI is InChI=1S/C18H24N2O4/c1-13-12-19(15-7-5-14(6-8-15)18(22)23-2)9-10-20(13)17(21)16-4-3-11-24-16/h5-8,13,16H,3-4,9-12H2,1-2H3/t13-,16-/m1/s1. The molecule has 1 amide bonds. The molecule has 2 aliphatic heterocycles. The van der Waals surface area contributed by atoms with E-state index in [9.17, 15) is 9.59 Å². The lowest BCUT2D eigenvalue weighted by Gasteiger charge is -2.41. The largest absolute Gasteiger partial charge is 0.465 e. The fourth-order valence-corrected chi connectivity index (χ4v) is 3.40. The van der Waals surface area contributed by atoms with Crippen molar-refractivity contribution in [3.63, 3.8) is 0 Å². The van der Waals surface area contributed by atoms with E-state index in [1.807, 2.05) is 17.0 Å². The van der Waals surface area contributed by atoms with Crippen molar-refractivity contribution in [2.45, 2.75) is 31.9 Å². The maximum atomic E-state index is 12.5. The van der Waals surface area contributed by atoms with Gasteiger partial charge in [0.25, 0.3) is 5.91 Å². The Balaban J connectivity index is 1.62. The van der Waals surface area contributed by atoms with Gasteiger partial charge in [-0.3, -0.25) is 4.79 Å². The Morgan fingerprint density at radius 2 is 1.96 bits per heavy atom. The van der Waals surface area contributed by atoms with Crippen LogP contribution in [0.4, 0.5) is 5.69 Å². The van der Waals surface area contributed by atoms with Crippen molar-refractivity contribution in [3.8, 4) is 0 Å². The van der Waals surface area contributed by atoms with Crippen molar-refractivity contribution in [2.24, 2.45) is 0 Å². The predicted molar refractivity (Wildman–Crippen MR) is 90.1 cm³/mol. The van der Waals surface area contributed by atoms with Crippen molar-refractivity contribution in [3.05, 3.63) is 29.8 Å². The lowest BCUT2D eigenvalue weighted by Crippen LogP contribution is -2.56. The van der Waals surface area contributed by atoms with E-state index in [-0.39, 0.29) is 24.0 Å². The van der Waals surface area contributed by atoms with Crippen LogP contribution in [0.15, 0.2) is 24.3 Å². The average Bonchev–Trinajstić information content (AvgIpc) is 3.15. The van der Waals surface area contributed by atoms with Crippen LogP contribution in [0, 0.1) is 0 Å². The van der Waals surface area contributed by atoms with E-state index in [2.05, 4.69) is 11.8 Å². The van der Waals surface area contributed by atoms with Gasteiger partial charge >= 0.3 is 5.97 Å². The molecule has 0 bridgehead atoms. The molecular formula is C18H24N2O4. The Hall–Kier alpha value is -2.08. The lowest BCUT2D eigenvalue weighted by molar-refractivity contribution is -0.143. The summed E-state index contributed by atoms with van der Waals surface area (Å²) < 4.78 is 10.2. The number of nitrogens with zero attached hydrogens (tertiary/aromatic N) is 2. The number of rotatable bonds is 3. The first kappa shape index (κ1) is 16.8. The molecule has 6 nitrogen and oxygen atoms in total. The highest BCUT2D eigenvalue weighted by Gasteiger charge is 2.33. The van der Waals surface area contributed by atoms with Gasteiger partial charge in [-0.15, -0.1) is 0 Å². The van der Waals surface area contributed by atoms with Crippen LogP contribution in [-0.2, 0) is 14.3 Å². The number of esters is 1. The van der Waals surface area contributed by atoms with E-state index in [4.69, 9.17) is 9.47 Å². The van der Waals surface area contributed by atoms with Gasteiger partial charge < -0.3 is 19.3 Å². The molecule has 2 fully saturated rings. The third kappa shape index (κ3) is 3.38. The minimum absolute atomic E-state index is 0.126. The first-order chi connectivity index (χ1) is 11.6. The zero-order chi connectivity index (χ0) is 17.1. The van der Waals surface area contributed by atoms with Crippen LogP contribution >= 0.6 is 0 Å². The molecule has 0 aromatic heterocycles. The molecule has 6 heteroatoms. The molecule has 0 spiro atoms. The normalized spacial score (nSPS) is 24.1. The molecule has 0 aliphatic carbocycles. The van der Waals surface area contributed by atoms with Crippen molar-refractivity contribution in [1.82, 2.24) is 4.90 Å². The second-order valence-corrected chi connectivity index (χ2v) is 6.37. The predicted octanol–water partition coefficient (Wildman–Crippen LogP) is 1.69. The molecule has 24 heavy (non-hydrogen) atoms. The fraction of sp³-hybridized carbons (Fsp3) is 0.556. The van der Waals surface area contributed by atoms with Gasteiger partial charge in [-0.25, -0.2) is 4.79 Å². The quantitative estimate of drug-likeness (QED) is 0.789. The monoisotopic (exact) mass is 332 g/mol. The Bertz CT molecular complexity index is 596. The van der Waals surface area contributed by atoms with Gasteiger partial charge in [0.1, 0.15) is 6.10 Å². The maximum Gasteiger partial charge on any atom is 0.337 e. The van der Waals surface area contributed by atoms with Crippen LogP contribution in [-0.4, -0.2) is 62.3 Å². The summed E-state index contributed by atoms with van der Waals surface area (Å²) in [6.45, 7) is 5.01. The number of amides is 1. The lowest BCUT2D eigenvalue weighted by atomic mass is 10.1. The van der Waals surface area contributed by atoms with Crippen LogP contribution < -0.4 is 4.90 Å². The summed E-state index contributed by atoms with van der Waals surface area (Å²) >= 11 is 0. The van der Waals surface area contributed by atoms with Crippen LogP contribution in [0.2, 0.25) is 0 Å². The zero-order valence-electron chi connectivity index (χ0n) is 14.2. The first-order valence-corrected chi connectivity index (χ1v) is 8.45. The van der Waals surface area contributed by atoms with Crippen LogP contribution in [0.5, 0.6) is 0 Å². The van der Waals surface area contributed by atoms with Gasteiger partial charge in [0.05, 0.1) is 12.7 Å². The molecule has 0 N–H and O–H groups in total. The molecule has 2 atom stereocenters. The number of hydrogen-bond donors (Lipinski definition) is 0. The molecule has 1 aromatic rings. The van der Waals surface area contributed by atoms with E-state index in [1.165, 1.54) is 7.11 Å².